The standard InChI is InChI=1S/C16H17N2S/c1-3-18-11-7-6-8-13(18)12-16-17(2)14-9-4-5-10-15(14)19-16/h4-12H,3H2,1-2H3/q+1. The summed E-state index contributed by atoms with van der Waals surface area (Å²) >= 11 is 1.83. The lowest BCUT2D eigenvalue weighted by atomic mass is 10.3. The summed E-state index contributed by atoms with van der Waals surface area (Å²) in [4.78, 5) is 3.59. The average molecular weight is 269 g/mol. The van der Waals surface area contributed by atoms with Crippen molar-refractivity contribution in [2.45, 2.75) is 18.4 Å². The first-order valence-corrected chi connectivity index (χ1v) is 7.32. The van der Waals surface area contributed by atoms with E-state index in [1.165, 1.54) is 21.3 Å². The fourth-order valence-corrected chi connectivity index (χ4v) is 3.38. The third-order valence-corrected chi connectivity index (χ3v) is 4.53. The van der Waals surface area contributed by atoms with Crippen molar-refractivity contribution in [2.75, 3.05) is 11.9 Å². The van der Waals surface area contributed by atoms with Gasteiger partial charge in [0.15, 0.2) is 6.20 Å². The summed E-state index contributed by atoms with van der Waals surface area (Å²) in [6.45, 7) is 3.16. The van der Waals surface area contributed by atoms with Gasteiger partial charge >= 0.3 is 0 Å². The van der Waals surface area contributed by atoms with Crippen molar-refractivity contribution in [3.05, 3.63) is 59.4 Å². The van der Waals surface area contributed by atoms with E-state index in [0.717, 1.165) is 6.54 Å². The van der Waals surface area contributed by atoms with E-state index in [-0.39, 0.29) is 0 Å². The normalized spacial score (nSPS) is 15.9. The third kappa shape index (κ3) is 2.26. The molecule has 2 aromatic rings. The molecule has 3 rings (SSSR count). The van der Waals surface area contributed by atoms with Crippen LogP contribution in [0.15, 0.2) is 58.6 Å². The lowest BCUT2D eigenvalue weighted by molar-refractivity contribution is -0.695. The molecule has 19 heavy (non-hydrogen) atoms. The lowest BCUT2D eigenvalue weighted by Gasteiger charge is -2.12. The van der Waals surface area contributed by atoms with E-state index in [2.05, 4.69) is 78.2 Å². The summed E-state index contributed by atoms with van der Waals surface area (Å²) in [5.74, 6) is 0. The molecule has 1 aromatic carbocycles. The van der Waals surface area contributed by atoms with Gasteiger partial charge in [0, 0.05) is 30.2 Å². The highest BCUT2D eigenvalue weighted by Crippen LogP contribution is 2.45. The first-order valence-electron chi connectivity index (χ1n) is 6.50. The second kappa shape index (κ2) is 5.10. The van der Waals surface area contributed by atoms with E-state index >= 15 is 0 Å². The number of hydrogen-bond donors (Lipinski definition) is 0. The molecule has 0 atom stereocenters. The quantitative estimate of drug-likeness (QED) is 0.770. The summed E-state index contributed by atoms with van der Waals surface area (Å²) in [6, 6.07) is 14.9. The Labute approximate surface area is 118 Å². The number of nitrogens with zero attached hydrogens (tertiary/aromatic N) is 2. The molecule has 96 valence electrons. The second-order valence-corrected chi connectivity index (χ2v) is 5.59. The largest absolute Gasteiger partial charge is 0.338 e. The van der Waals surface area contributed by atoms with Crippen LogP contribution >= 0.6 is 11.8 Å². The smallest absolute Gasteiger partial charge is 0.207 e. The zero-order valence-electron chi connectivity index (χ0n) is 11.2. The molecule has 1 aliphatic rings. The van der Waals surface area contributed by atoms with Crippen LogP contribution in [-0.2, 0) is 6.54 Å². The van der Waals surface area contributed by atoms with Crippen LogP contribution in [0.5, 0.6) is 0 Å². The first-order chi connectivity index (χ1) is 9.29. The van der Waals surface area contributed by atoms with Gasteiger partial charge in [-0.3, -0.25) is 0 Å². The minimum absolute atomic E-state index is 0.987. The number of rotatable bonds is 2. The van der Waals surface area contributed by atoms with Gasteiger partial charge in [-0.05, 0) is 25.1 Å². The van der Waals surface area contributed by atoms with Crippen LogP contribution < -0.4 is 9.47 Å². The molecule has 1 aromatic heterocycles. The maximum Gasteiger partial charge on any atom is 0.207 e. The van der Waals surface area contributed by atoms with E-state index in [4.69, 9.17) is 0 Å². The van der Waals surface area contributed by atoms with E-state index in [1.54, 1.807) is 0 Å². The highest BCUT2D eigenvalue weighted by Gasteiger charge is 2.22. The molecule has 0 fully saturated rings. The SMILES string of the molecule is CC[n+]1ccccc1/C=C1\Sc2ccccc2N1C. The van der Waals surface area contributed by atoms with Crippen LogP contribution in [0.2, 0.25) is 0 Å². The highest BCUT2D eigenvalue weighted by atomic mass is 32.2. The van der Waals surface area contributed by atoms with Gasteiger partial charge < -0.3 is 4.90 Å². The number of fused-ring (bicyclic) bond motifs is 1. The van der Waals surface area contributed by atoms with Crippen LogP contribution in [-0.4, -0.2) is 7.05 Å². The van der Waals surface area contributed by atoms with Gasteiger partial charge in [0.1, 0.15) is 6.54 Å². The van der Waals surface area contributed by atoms with Crippen molar-refractivity contribution in [1.82, 2.24) is 0 Å². The van der Waals surface area contributed by atoms with Crippen LogP contribution in [0.3, 0.4) is 0 Å². The van der Waals surface area contributed by atoms with Crippen molar-refractivity contribution >= 4 is 23.5 Å². The fraction of sp³-hybridized carbons (Fsp3) is 0.188. The van der Waals surface area contributed by atoms with Gasteiger partial charge in [0.05, 0.1) is 10.7 Å². The van der Waals surface area contributed by atoms with Crippen LogP contribution in [0.25, 0.3) is 6.08 Å². The van der Waals surface area contributed by atoms with E-state index in [1.807, 2.05) is 11.8 Å². The monoisotopic (exact) mass is 269 g/mol. The Morgan fingerprint density at radius 3 is 2.74 bits per heavy atom. The molecule has 0 N–H and O–H groups in total. The molecule has 0 spiro atoms. The zero-order chi connectivity index (χ0) is 13.2. The van der Waals surface area contributed by atoms with Crippen molar-refractivity contribution in [1.29, 1.82) is 0 Å². The van der Waals surface area contributed by atoms with Crippen molar-refractivity contribution in [2.24, 2.45) is 0 Å². The summed E-state index contributed by atoms with van der Waals surface area (Å²) in [6.07, 6.45) is 4.38. The maximum absolute atomic E-state index is 2.26. The summed E-state index contributed by atoms with van der Waals surface area (Å²) < 4.78 is 2.25. The summed E-state index contributed by atoms with van der Waals surface area (Å²) in [5.41, 5.74) is 2.53. The fourth-order valence-electron chi connectivity index (χ4n) is 2.28. The molecule has 0 saturated carbocycles. The molecule has 1 aliphatic heterocycles. The van der Waals surface area contributed by atoms with Crippen LogP contribution in [0.1, 0.15) is 12.6 Å². The molecule has 3 heteroatoms. The Balaban J connectivity index is 1.99. The minimum Gasteiger partial charge on any atom is -0.338 e. The summed E-state index contributed by atoms with van der Waals surface area (Å²) in [7, 11) is 2.13. The summed E-state index contributed by atoms with van der Waals surface area (Å²) in [5, 5.41) is 1.27. The Morgan fingerprint density at radius 2 is 1.95 bits per heavy atom. The van der Waals surface area contributed by atoms with Crippen molar-refractivity contribution in [3.63, 3.8) is 0 Å². The Hall–Kier alpha value is -1.74. The number of hydrogen-bond acceptors (Lipinski definition) is 2. The number of thioether (sulfide) groups is 1. The molecule has 2 heterocycles. The Bertz CT molecular complexity index is 634. The Kier molecular flexibility index (Phi) is 3.30. The third-order valence-electron chi connectivity index (χ3n) is 3.36. The van der Waals surface area contributed by atoms with E-state index in [9.17, 15) is 0 Å². The molecule has 0 unspecified atom stereocenters. The predicted molar refractivity (Wildman–Crippen MR) is 81.0 cm³/mol. The zero-order valence-corrected chi connectivity index (χ0v) is 12.0. The predicted octanol–water partition coefficient (Wildman–Crippen LogP) is 3.53. The second-order valence-electron chi connectivity index (χ2n) is 4.52. The maximum atomic E-state index is 2.26. The van der Waals surface area contributed by atoms with Gasteiger partial charge in [-0.15, -0.1) is 0 Å². The molecule has 2 nitrogen and oxygen atoms in total. The van der Waals surface area contributed by atoms with Gasteiger partial charge in [0.25, 0.3) is 0 Å². The molecular formula is C16H17N2S+. The molecular weight excluding hydrogens is 252 g/mol. The van der Waals surface area contributed by atoms with Gasteiger partial charge in [-0.25, -0.2) is 0 Å². The van der Waals surface area contributed by atoms with Crippen LogP contribution in [0.4, 0.5) is 5.69 Å². The number of para-hydroxylation sites is 1. The van der Waals surface area contributed by atoms with Crippen molar-refractivity contribution < 1.29 is 4.57 Å². The molecule has 0 amide bonds. The molecule has 0 radical (unpaired) electrons. The van der Waals surface area contributed by atoms with Gasteiger partial charge in [-0.2, -0.15) is 4.57 Å². The number of anilines is 1. The van der Waals surface area contributed by atoms with Gasteiger partial charge in [0.2, 0.25) is 5.69 Å². The molecule has 0 aliphatic carbocycles. The lowest BCUT2D eigenvalue weighted by Crippen LogP contribution is -2.35. The van der Waals surface area contributed by atoms with Crippen molar-refractivity contribution in [3.8, 4) is 0 Å². The first kappa shape index (κ1) is 12.3. The number of pyridine rings is 1. The molecule has 0 bridgehead atoms. The highest BCUT2D eigenvalue weighted by molar-refractivity contribution is 8.03. The number of aryl methyl sites for hydroxylation is 1. The number of benzene rings is 1. The van der Waals surface area contributed by atoms with E-state index in [0.29, 0.717) is 0 Å². The van der Waals surface area contributed by atoms with E-state index < -0.39 is 0 Å². The van der Waals surface area contributed by atoms with Crippen LogP contribution in [0, 0.1) is 0 Å². The molecule has 0 saturated heterocycles. The average Bonchev–Trinajstić information content (AvgIpc) is 2.77. The minimum atomic E-state index is 0.987. The Morgan fingerprint density at radius 1 is 1.16 bits per heavy atom. The topological polar surface area (TPSA) is 7.12 Å². The van der Waals surface area contributed by atoms with Gasteiger partial charge in [-0.1, -0.05) is 23.9 Å². The number of aromatic nitrogens is 1.